The number of carboxylic acid groups (broad SMARTS) is 1. The molecule has 1 saturated carbocycles. The highest BCUT2D eigenvalue weighted by atomic mass is 16.4. The van der Waals surface area contributed by atoms with Gasteiger partial charge in [-0.3, -0.25) is 9.69 Å². The van der Waals surface area contributed by atoms with E-state index in [1.165, 1.54) is 6.42 Å². The zero-order valence-electron chi connectivity index (χ0n) is 10.9. The van der Waals surface area contributed by atoms with Gasteiger partial charge < -0.3 is 10.4 Å². The van der Waals surface area contributed by atoms with Gasteiger partial charge in [0.15, 0.2) is 0 Å². The Morgan fingerprint density at radius 3 is 2.71 bits per heavy atom. The van der Waals surface area contributed by atoms with Crippen LogP contribution in [-0.2, 0) is 4.79 Å². The summed E-state index contributed by atoms with van der Waals surface area (Å²) in [4.78, 5) is 13.5. The van der Waals surface area contributed by atoms with E-state index in [1.807, 2.05) is 0 Å². The van der Waals surface area contributed by atoms with Gasteiger partial charge in [0.25, 0.3) is 0 Å². The number of nitrogens with zero attached hydrogens (tertiary/aromatic N) is 1. The first-order chi connectivity index (χ1) is 8.09. The molecule has 4 unspecified atom stereocenters. The van der Waals surface area contributed by atoms with E-state index < -0.39 is 5.97 Å². The van der Waals surface area contributed by atoms with Crippen LogP contribution < -0.4 is 5.32 Å². The normalized spacial score (nSPS) is 40.1. The molecule has 0 bridgehead atoms. The minimum absolute atomic E-state index is 0.325. The lowest BCUT2D eigenvalue weighted by atomic mass is 9.78. The topological polar surface area (TPSA) is 52.6 Å². The molecule has 4 nitrogen and oxygen atoms in total. The average Bonchev–Trinajstić information content (AvgIpc) is 2.32. The minimum atomic E-state index is -0.677. The first kappa shape index (κ1) is 12.8. The highest BCUT2D eigenvalue weighted by molar-refractivity contribution is 5.74. The summed E-state index contributed by atoms with van der Waals surface area (Å²) >= 11 is 0. The number of carboxylic acids is 1. The summed E-state index contributed by atoms with van der Waals surface area (Å²) in [6, 6.07) is 0.152. The molecule has 98 valence electrons. The van der Waals surface area contributed by atoms with E-state index >= 15 is 0 Å². The first-order valence-electron chi connectivity index (χ1n) is 6.79. The van der Waals surface area contributed by atoms with E-state index in [-0.39, 0.29) is 6.04 Å². The summed E-state index contributed by atoms with van der Waals surface area (Å²) in [5.41, 5.74) is 0. The quantitative estimate of drug-likeness (QED) is 0.761. The zero-order chi connectivity index (χ0) is 12.4. The molecule has 2 rings (SSSR count). The lowest BCUT2D eigenvalue weighted by molar-refractivity contribution is -0.145. The summed E-state index contributed by atoms with van der Waals surface area (Å²) in [5.74, 6) is 0.832. The molecule has 1 aliphatic heterocycles. The maximum absolute atomic E-state index is 11.3. The molecule has 17 heavy (non-hydrogen) atoms. The molecule has 2 N–H and O–H groups in total. The van der Waals surface area contributed by atoms with Gasteiger partial charge in [0, 0.05) is 25.7 Å². The number of nitrogens with one attached hydrogen (secondary N) is 1. The standard InChI is InChI=1S/C13H24N2O2/c1-9-3-4-11(7-10(9)2)15-6-5-14-8-12(15)13(16)17/h9-12,14H,3-8H2,1-2H3,(H,16,17). The molecule has 0 radical (unpaired) electrons. The monoisotopic (exact) mass is 240 g/mol. The zero-order valence-corrected chi connectivity index (χ0v) is 10.9. The van der Waals surface area contributed by atoms with Crippen molar-refractivity contribution >= 4 is 5.97 Å². The molecule has 0 spiro atoms. The smallest absolute Gasteiger partial charge is 0.322 e. The number of hydrogen-bond donors (Lipinski definition) is 2. The van der Waals surface area contributed by atoms with Crippen LogP contribution in [0.15, 0.2) is 0 Å². The van der Waals surface area contributed by atoms with Crippen molar-refractivity contribution in [3.05, 3.63) is 0 Å². The summed E-state index contributed by atoms with van der Waals surface area (Å²) in [6.07, 6.45) is 3.56. The van der Waals surface area contributed by atoms with Crippen molar-refractivity contribution in [2.24, 2.45) is 11.8 Å². The molecule has 0 aromatic carbocycles. The summed E-state index contributed by atoms with van der Waals surface area (Å²) in [5, 5.41) is 12.5. The average molecular weight is 240 g/mol. The molecule has 4 heteroatoms. The van der Waals surface area contributed by atoms with Crippen LogP contribution in [0.5, 0.6) is 0 Å². The second kappa shape index (κ2) is 5.36. The molecule has 0 aromatic rings. The van der Waals surface area contributed by atoms with Crippen LogP contribution in [-0.4, -0.2) is 47.7 Å². The maximum atomic E-state index is 11.3. The SMILES string of the molecule is CC1CCC(N2CCNCC2C(=O)O)CC1C. The van der Waals surface area contributed by atoms with E-state index in [0.29, 0.717) is 12.6 Å². The van der Waals surface area contributed by atoms with Crippen molar-refractivity contribution in [3.8, 4) is 0 Å². The van der Waals surface area contributed by atoms with Gasteiger partial charge in [-0.2, -0.15) is 0 Å². The molecule has 0 aromatic heterocycles. The van der Waals surface area contributed by atoms with Crippen molar-refractivity contribution in [2.45, 2.75) is 45.2 Å². The summed E-state index contributed by atoms with van der Waals surface area (Å²) < 4.78 is 0. The number of rotatable bonds is 2. The fourth-order valence-electron chi connectivity index (χ4n) is 3.21. The van der Waals surface area contributed by atoms with Gasteiger partial charge in [-0.15, -0.1) is 0 Å². The van der Waals surface area contributed by atoms with Gasteiger partial charge in [-0.25, -0.2) is 0 Å². The molecule has 4 atom stereocenters. The number of hydrogen-bond acceptors (Lipinski definition) is 3. The van der Waals surface area contributed by atoms with Crippen molar-refractivity contribution < 1.29 is 9.90 Å². The van der Waals surface area contributed by atoms with Crippen LogP contribution in [0.3, 0.4) is 0 Å². The third-order valence-electron chi connectivity index (χ3n) is 4.61. The molecular formula is C13H24N2O2. The first-order valence-corrected chi connectivity index (χ1v) is 6.79. The van der Waals surface area contributed by atoms with Crippen LogP contribution in [0.2, 0.25) is 0 Å². The molecule has 0 amide bonds. The lowest BCUT2D eigenvalue weighted by Crippen LogP contribution is -2.59. The number of aliphatic carboxylic acids is 1. The number of carbonyl (C=O) groups is 1. The largest absolute Gasteiger partial charge is 0.480 e. The van der Waals surface area contributed by atoms with E-state index in [2.05, 4.69) is 24.1 Å². The van der Waals surface area contributed by atoms with Crippen LogP contribution in [0, 0.1) is 11.8 Å². The Bertz CT molecular complexity index is 283. The fraction of sp³-hybridized carbons (Fsp3) is 0.923. The third kappa shape index (κ3) is 2.80. The molecule has 1 heterocycles. The van der Waals surface area contributed by atoms with Crippen molar-refractivity contribution in [1.82, 2.24) is 10.2 Å². The second-order valence-electron chi connectivity index (χ2n) is 5.72. The minimum Gasteiger partial charge on any atom is -0.480 e. The number of piperazine rings is 1. The lowest BCUT2D eigenvalue weighted by Gasteiger charge is -2.44. The molecule has 2 fully saturated rings. The van der Waals surface area contributed by atoms with E-state index in [4.69, 9.17) is 0 Å². The van der Waals surface area contributed by atoms with E-state index in [9.17, 15) is 9.90 Å². The van der Waals surface area contributed by atoms with E-state index in [0.717, 1.165) is 37.8 Å². The fourth-order valence-corrected chi connectivity index (χ4v) is 3.21. The van der Waals surface area contributed by atoms with Crippen LogP contribution in [0.4, 0.5) is 0 Å². The Morgan fingerprint density at radius 1 is 1.29 bits per heavy atom. The predicted octanol–water partition coefficient (Wildman–Crippen LogP) is 1.17. The van der Waals surface area contributed by atoms with Gasteiger partial charge in [-0.1, -0.05) is 13.8 Å². The van der Waals surface area contributed by atoms with Crippen molar-refractivity contribution in [3.63, 3.8) is 0 Å². The molecule has 2 aliphatic rings. The van der Waals surface area contributed by atoms with Gasteiger partial charge in [-0.05, 0) is 31.1 Å². The van der Waals surface area contributed by atoms with Crippen molar-refractivity contribution in [1.29, 1.82) is 0 Å². The molecule has 1 saturated heterocycles. The Balaban J connectivity index is 2.01. The van der Waals surface area contributed by atoms with Crippen LogP contribution >= 0.6 is 0 Å². The van der Waals surface area contributed by atoms with E-state index in [1.54, 1.807) is 0 Å². The second-order valence-corrected chi connectivity index (χ2v) is 5.72. The molecule has 1 aliphatic carbocycles. The Hall–Kier alpha value is -0.610. The van der Waals surface area contributed by atoms with Crippen LogP contribution in [0.25, 0.3) is 0 Å². The molecular weight excluding hydrogens is 216 g/mol. The Morgan fingerprint density at radius 2 is 2.06 bits per heavy atom. The highest BCUT2D eigenvalue weighted by Gasteiger charge is 2.36. The Labute approximate surface area is 103 Å². The maximum Gasteiger partial charge on any atom is 0.322 e. The van der Waals surface area contributed by atoms with Crippen LogP contribution in [0.1, 0.15) is 33.1 Å². The van der Waals surface area contributed by atoms with Crippen molar-refractivity contribution in [2.75, 3.05) is 19.6 Å². The third-order valence-corrected chi connectivity index (χ3v) is 4.61. The van der Waals surface area contributed by atoms with Gasteiger partial charge in [0.05, 0.1) is 0 Å². The van der Waals surface area contributed by atoms with Gasteiger partial charge >= 0.3 is 5.97 Å². The Kier molecular flexibility index (Phi) is 4.05. The summed E-state index contributed by atoms with van der Waals surface area (Å²) in [6.45, 7) is 7.00. The summed E-state index contributed by atoms with van der Waals surface area (Å²) in [7, 11) is 0. The van der Waals surface area contributed by atoms with Gasteiger partial charge in [0.1, 0.15) is 6.04 Å². The predicted molar refractivity (Wildman–Crippen MR) is 67.0 cm³/mol. The van der Waals surface area contributed by atoms with Gasteiger partial charge in [0.2, 0.25) is 0 Å². The highest BCUT2D eigenvalue weighted by Crippen LogP contribution is 2.33.